The van der Waals surface area contributed by atoms with E-state index in [1.54, 1.807) is 6.92 Å². The fraction of sp³-hybridized carbons (Fsp3) is 0.900. The minimum Gasteiger partial charge on any atom is -0.465 e. The van der Waals surface area contributed by atoms with Crippen LogP contribution < -0.4 is 5.32 Å². The van der Waals surface area contributed by atoms with Crippen LogP contribution in [-0.4, -0.2) is 35.9 Å². The van der Waals surface area contributed by atoms with E-state index in [-0.39, 0.29) is 24.0 Å². The number of rotatable bonds is 2. The summed E-state index contributed by atoms with van der Waals surface area (Å²) in [5.41, 5.74) is 0. The summed E-state index contributed by atoms with van der Waals surface area (Å²) in [5, 5.41) is 13.0. The summed E-state index contributed by atoms with van der Waals surface area (Å²) in [6.45, 7) is 2.21. The summed E-state index contributed by atoms with van der Waals surface area (Å²) in [6, 6.07) is 0.0156. The minimum atomic E-state index is -0.329. The maximum atomic E-state index is 11.5. The fourth-order valence-corrected chi connectivity index (χ4v) is 2.56. The van der Waals surface area contributed by atoms with Crippen molar-refractivity contribution in [2.24, 2.45) is 5.92 Å². The molecule has 3 fully saturated rings. The van der Waals surface area contributed by atoms with Crippen molar-refractivity contribution < 1.29 is 14.6 Å². The maximum Gasteiger partial charge on any atom is 0.323 e. The highest BCUT2D eigenvalue weighted by Gasteiger charge is 2.44. The van der Waals surface area contributed by atoms with E-state index in [4.69, 9.17) is 4.74 Å². The third-order valence-electron chi connectivity index (χ3n) is 3.25. The third-order valence-corrected chi connectivity index (χ3v) is 3.25. The average molecular weight is 199 g/mol. The van der Waals surface area contributed by atoms with E-state index >= 15 is 0 Å². The molecular formula is C10H17NO3. The Hall–Kier alpha value is -0.610. The molecule has 2 heterocycles. The average Bonchev–Trinajstić information content (AvgIpc) is 2.18. The molecule has 0 aromatic carbocycles. The Morgan fingerprint density at radius 2 is 2.36 bits per heavy atom. The van der Waals surface area contributed by atoms with Crippen molar-refractivity contribution in [1.29, 1.82) is 0 Å². The zero-order valence-electron chi connectivity index (χ0n) is 8.40. The summed E-state index contributed by atoms with van der Waals surface area (Å²) >= 11 is 0. The van der Waals surface area contributed by atoms with Crippen molar-refractivity contribution in [3.8, 4) is 0 Å². The summed E-state index contributed by atoms with van der Waals surface area (Å²) in [7, 11) is 0. The van der Waals surface area contributed by atoms with E-state index in [0.29, 0.717) is 12.6 Å². The number of carbonyl (C=O) groups is 1. The van der Waals surface area contributed by atoms with Gasteiger partial charge in [0.25, 0.3) is 0 Å². The molecule has 4 nitrogen and oxygen atoms in total. The molecule has 2 aliphatic heterocycles. The number of ether oxygens (including phenoxy) is 1. The van der Waals surface area contributed by atoms with Crippen LogP contribution in [0.25, 0.3) is 0 Å². The zero-order valence-corrected chi connectivity index (χ0v) is 8.40. The number of hydrogen-bond donors (Lipinski definition) is 2. The predicted molar refractivity (Wildman–Crippen MR) is 50.7 cm³/mol. The molecule has 0 aromatic rings. The second-order valence-corrected chi connectivity index (χ2v) is 4.14. The number of fused-ring (bicyclic) bond motifs is 3. The SMILES string of the molecule is CCOC(=O)[C@H]1N[C@H]2CC[C@@H]1[C@@H](O)C2. The highest BCUT2D eigenvalue weighted by Crippen LogP contribution is 2.33. The van der Waals surface area contributed by atoms with Gasteiger partial charge >= 0.3 is 5.97 Å². The van der Waals surface area contributed by atoms with E-state index < -0.39 is 0 Å². The molecule has 2 N–H and O–H groups in total. The van der Waals surface area contributed by atoms with Crippen molar-refractivity contribution in [2.45, 2.75) is 44.4 Å². The van der Waals surface area contributed by atoms with Crippen molar-refractivity contribution >= 4 is 5.97 Å². The van der Waals surface area contributed by atoms with Gasteiger partial charge in [-0.15, -0.1) is 0 Å². The molecule has 3 aliphatic rings. The zero-order chi connectivity index (χ0) is 10.1. The van der Waals surface area contributed by atoms with E-state index in [0.717, 1.165) is 19.3 Å². The van der Waals surface area contributed by atoms with Crippen LogP contribution in [-0.2, 0) is 9.53 Å². The van der Waals surface area contributed by atoms with Crippen LogP contribution in [0.1, 0.15) is 26.2 Å². The third kappa shape index (κ3) is 1.64. The first-order valence-electron chi connectivity index (χ1n) is 5.33. The first-order valence-corrected chi connectivity index (χ1v) is 5.33. The molecule has 0 radical (unpaired) electrons. The number of aliphatic hydroxyl groups is 1. The lowest BCUT2D eigenvalue weighted by Gasteiger charge is -2.45. The Bertz CT molecular complexity index is 231. The molecule has 1 saturated carbocycles. The Kier molecular flexibility index (Phi) is 2.74. The standard InChI is InChI=1S/C10H17NO3/c1-2-14-10(13)9-7-4-3-6(11-9)5-8(7)12/h6-9,11-12H,2-5H2,1H3/t6-,7+,8-,9-/m0/s1. The Labute approximate surface area is 83.6 Å². The lowest BCUT2D eigenvalue weighted by molar-refractivity contribution is -0.153. The van der Waals surface area contributed by atoms with E-state index in [2.05, 4.69) is 5.32 Å². The topological polar surface area (TPSA) is 58.6 Å². The highest BCUT2D eigenvalue weighted by molar-refractivity contribution is 5.76. The number of esters is 1. The lowest BCUT2D eigenvalue weighted by atomic mass is 9.74. The normalized spacial score (nSPS) is 41.0. The number of carbonyl (C=O) groups excluding carboxylic acids is 1. The molecular weight excluding hydrogens is 182 g/mol. The molecule has 4 heteroatoms. The van der Waals surface area contributed by atoms with Gasteiger partial charge in [-0.3, -0.25) is 4.79 Å². The molecule has 2 bridgehead atoms. The Balaban J connectivity index is 2.03. The largest absolute Gasteiger partial charge is 0.465 e. The second-order valence-electron chi connectivity index (χ2n) is 4.14. The Morgan fingerprint density at radius 3 is 2.93 bits per heavy atom. The molecule has 0 amide bonds. The van der Waals surface area contributed by atoms with Gasteiger partial charge in [0.05, 0.1) is 12.7 Å². The molecule has 0 spiro atoms. The Morgan fingerprint density at radius 1 is 1.57 bits per heavy atom. The maximum absolute atomic E-state index is 11.5. The van der Waals surface area contributed by atoms with Gasteiger partial charge in [0.1, 0.15) is 6.04 Å². The number of hydrogen-bond acceptors (Lipinski definition) is 4. The molecule has 3 rings (SSSR count). The summed E-state index contributed by atoms with van der Waals surface area (Å²) in [5.74, 6) is -0.153. The lowest BCUT2D eigenvalue weighted by Crippen LogP contribution is -2.61. The van der Waals surface area contributed by atoms with Gasteiger partial charge in [-0.05, 0) is 26.2 Å². The molecule has 80 valence electrons. The summed E-state index contributed by atoms with van der Waals surface area (Å²) < 4.78 is 4.97. The van der Waals surface area contributed by atoms with Crippen molar-refractivity contribution in [2.75, 3.05) is 6.61 Å². The quantitative estimate of drug-likeness (QED) is 0.617. The van der Waals surface area contributed by atoms with Gasteiger partial charge in [0.15, 0.2) is 0 Å². The second kappa shape index (κ2) is 3.87. The smallest absolute Gasteiger partial charge is 0.323 e. The van der Waals surface area contributed by atoms with Crippen LogP contribution in [0, 0.1) is 5.92 Å². The van der Waals surface area contributed by atoms with Crippen molar-refractivity contribution in [3.05, 3.63) is 0 Å². The van der Waals surface area contributed by atoms with Gasteiger partial charge < -0.3 is 15.2 Å². The van der Waals surface area contributed by atoms with Crippen LogP contribution in [0.4, 0.5) is 0 Å². The van der Waals surface area contributed by atoms with Crippen molar-refractivity contribution in [3.63, 3.8) is 0 Å². The summed E-state index contributed by atoms with van der Waals surface area (Å²) in [4.78, 5) is 11.5. The van der Waals surface area contributed by atoms with E-state index in [1.807, 2.05) is 0 Å². The van der Waals surface area contributed by atoms with E-state index in [1.165, 1.54) is 0 Å². The highest BCUT2D eigenvalue weighted by atomic mass is 16.5. The number of piperidine rings is 2. The van der Waals surface area contributed by atoms with Gasteiger partial charge in [-0.1, -0.05) is 0 Å². The minimum absolute atomic E-state index is 0.0547. The monoisotopic (exact) mass is 199 g/mol. The predicted octanol–water partition coefficient (Wildman–Crippen LogP) is 0.0509. The number of aliphatic hydroxyl groups excluding tert-OH is 1. The van der Waals surface area contributed by atoms with Gasteiger partial charge in [0, 0.05) is 12.0 Å². The van der Waals surface area contributed by atoms with Crippen molar-refractivity contribution in [1.82, 2.24) is 5.32 Å². The van der Waals surface area contributed by atoms with Gasteiger partial charge in [0.2, 0.25) is 0 Å². The molecule has 4 atom stereocenters. The fourth-order valence-electron chi connectivity index (χ4n) is 2.56. The van der Waals surface area contributed by atoms with Crippen LogP contribution in [0.2, 0.25) is 0 Å². The number of nitrogens with one attached hydrogen (secondary N) is 1. The first-order chi connectivity index (χ1) is 6.72. The molecule has 0 unspecified atom stereocenters. The van der Waals surface area contributed by atoms with Gasteiger partial charge in [-0.25, -0.2) is 0 Å². The molecule has 14 heavy (non-hydrogen) atoms. The van der Waals surface area contributed by atoms with E-state index in [9.17, 15) is 9.90 Å². The first kappa shape index (κ1) is 9.93. The van der Waals surface area contributed by atoms with Crippen LogP contribution >= 0.6 is 0 Å². The van der Waals surface area contributed by atoms with Gasteiger partial charge in [-0.2, -0.15) is 0 Å². The summed E-state index contributed by atoms with van der Waals surface area (Å²) in [6.07, 6.45) is 2.45. The van der Waals surface area contributed by atoms with Crippen LogP contribution in [0.15, 0.2) is 0 Å². The molecule has 0 aromatic heterocycles. The van der Waals surface area contributed by atoms with Crippen LogP contribution in [0.3, 0.4) is 0 Å². The van der Waals surface area contributed by atoms with Crippen LogP contribution in [0.5, 0.6) is 0 Å². The molecule has 1 aliphatic carbocycles. The molecule has 2 saturated heterocycles.